The van der Waals surface area contributed by atoms with Crippen LogP contribution in [0.1, 0.15) is 427 Å². The predicted octanol–water partition coefficient (Wildman–Crippen LogP) is 24.5. The second-order valence-corrected chi connectivity index (χ2v) is 33.6. The van der Waals surface area contributed by atoms with E-state index in [4.69, 9.17) is 37.0 Å². The highest BCUT2D eigenvalue weighted by Gasteiger charge is 2.30. The molecule has 0 amide bonds. The number of hydrogen-bond acceptors (Lipinski definition) is 15. The van der Waals surface area contributed by atoms with Crippen LogP contribution in [0.3, 0.4) is 0 Å². The van der Waals surface area contributed by atoms with Crippen molar-refractivity contribution in [2.75, 3.05) is 39.6 Å². The van der Waals surface area contributed by atoms with Crippen LogP contribution in [0, 0.1) is 17.8 Å². The Kier molecular flexibility index (Phi) is 70.9. The quantitative estimate of drug-likeness (QED) is 0.0222. The summed E-state index contributed by atoms with van der Waals surface area (Å²) >= 11 is 0. The van der Waals surface area contributed by atoms with Gasteiger partial charge in [-0.3, -0.25) is 37.3 Å². The number of carbonyl (C=O) groups is 4. The number of rotatable bonds is 80. The first-order chi connectivity index (χ1) is 48.8. The van der Waals surface area contributed by atoms with Crippen molar-refractivity contribution >= 4 is 39.5 Å². The van der Waals surface area contributed by atoms with Crippen LogP contribution < -0.4 is 0 Å². The molecule has 19 heteroatoms. The summed E-state index contributed by atoms with van der Waals surface area (Å²) in [5.74, 6) is 0.190. The van der Waals surface area contributed by atoms with Gasteiger partial charge in [-0.25, -0.2) is 9.13 Å². The number of unbranched alkanes of at least 4 members (excludes halogenated alkanes) is 47. The average Bonchev–Trinajstić information content (AvgIpc) is 1.40. The first kappa shape index (κ1) is 99.1. The van der Waals surface area contributed by atoms with Crippen LogP contribution in [-0.2, 0) is 65.4 Å². The van der Waals surface area contributed by atoms with Crippen molar-refractivity contribution < 1.29 is 80.2 Å². The lowest BCUT2D eigenvalue weighted by molar-refractivity contribution is -0.161. The van der Waals surface area contributed by atoms with Crippen LogP contribution in [-0.4, -0.2) is 96.7 Å². The van der Waals surface area contributed by atoms with Crippen molar-refractivity contribution in [3.8, 4) is 0 Å². The van der Waals surface area contributed by atoms with E-state index in [-0.39, 0.29) is 25.7 Å². The molecule has 0 aromatic carbocycles. The van der Waals surface area contributed by atoms with Gasteiger partial charge in [0.25, 0.3) is 0 Å². The molecule has 0 radical (unpaired) electrons. The number of aliphatic hydroxyl groups is 1. The van der Waals surface area contributed by atoms with E-state index >= 15 is 0 Å². The summed E-state index contributed by atoms with van der Waals surface area (Å²) in [7, 11) is -9.92. The van der Waals surface area contributed by atoms with E-state index in [0.29, 0.717) is 31.6 Å². The van der Waals surface area contributed by atoms with Gasteiger partial charge in [0.05, 0.1) is 26.4 Å². The first-order valence-corrected chi connectivity index (χ1v) is 45.4. The van der Waals surface area contributed by atoms with Crippen molar-refractivity contribution in [3.63, 3.8) is 0 Å². The zero-order chi connectivity index (χ0) is 74.4. The second kappa shape index (κ2) is 72.3. The fourth-order valence-corrected chi connectivity index (χ4v) is 14.2. The largest absolute Gasteiger partial charge is 0.472 e. The van der Waals surface area contributed by atoms with E-state index < -0.39 is 97.5 Å². The Bertz CT molecular complexity index is 1960. The highest BCUT2D eigenvalue weighted by atomic mass is 31.2. The molecular weight excluding hydrogens is 1320 g/mol. The van der Waals surface area contributed by atoms with Gasteiger partial charge in [-0.2, -0.15) is 0 Å². The Hall–Kier alpha value is -1.94. The van der Waals surface area contributed by atoms with E-state index in [9.17, 15) is 43.2 Å². The molecule has 0 aliphatic carbocycles. The van der Waals surface area contributed by atoms with E-state index in [1.807, 2.05) is 0 Å². The van der Waals surface area contributed by atoms with Crippen molar-refractivity contribution in [3.05, 3.63) is 0 Å². The summed E-state index contributed by atoms with van der Waals surface area (Å²) in [5.41, 5.74) is 0. The zero-order valence-electron chi connectivity index (χ0n) is 66.4. The number of aliphatic hydroxyl groups excluding tert-OH is 1. The minimum Gasteiger partial charge on any atom is -0.462 e. The molecule has 0 aromatic heterocycles. The molecule has 0 aliphatic heterocycles. The highest BCUT2D eigenvalue weighted by molar-refractivity contribution is 7.47. The maximum atomic E-state index is 13.1. The van der Waals surface area contributed by atoms with Crippen LogP contribution >= 0.6 is 15.6 Å². The molecule has 0 saturated carbocycles. The van der Waals surface area contributed by atoms with Crippen LogP contribution in [0.25, 0.3) is 0 Å². The molecule has 17 nitrogen and oxygen atoms in total. The lowest BCUT2D eigenvalue weighted by atomic mass is 9.99. The molecule has 0 heterocycles. The first-order valence-electron chi connectivity index (χ1n) is 42.4. The third-order valence-corrected chi connectivity index (χ3v) is 21.4. The molecule has 3 unspecified atom stereocenters. The summed E-state index contributed by atoms with van der Waals surface area (Å²) in [6, 6.07) is 0. The molecule has 0 saturated heterocycles. The normalized spacial score (nSPS) is 14.2. The van der Waals surface area contributed by atoms with Gasteiger partial charge in [0, 0.05) is 25.7 Å². The van der Waals surface area contributed by atoms with Crippen molar-refractivity contribution in [1.29, 1.82) is 0 Å². The monoisotopic (exact) mass is 1480 g/mol. The highest BCUT2D eigenvalue weighted by Crippen LogP contribution is 2.45. The van der Waals surface area contributed by atoms with Gasteiger partial charge >= 0.3 is 39.5 Å². The molecule has 0 bridgehead atoms. The fraction of sp³-hybridized carbons (Fsp3) is 0.951. The Labute approximate surface area is 619 Å². The van der Waals surface area contributed by atoms with Gasteiger partial charge in [-0.05, 0) is 43.4 Å². The predicted molar refractivity (Wildman–Crippen MR) is 414 cm³/mol. The van der Waals surface area contributed by atoms with Crippen molar-refractivity contribution in [2.45, 2.75) is 446 Å². The molecule has 600 valence electrons. The maximum absolute atomic E-state index is 13.1. The number of carbonyl (C=O) groups excluding carboxylic acids is 4. The lowest BCUT2D eigenvalue weighted by Crippen LogP contribution is -2.30. The average molecular weight is 1480 g/mol. The Morgan fingerprint density at radius 1 is 0.287 bits per heavy atom. The Morgan fingerprint density at radius 3 is 0.752 bits per heavy atom. The zero-order valence-corrected chi connectivity index (χ0v) is 68.2. The smallest absolute Gasteiger partial charge is 0.462 e. The van der Waals surface area contributed by atoms with E-state index in [1.165, 1.54) is 231 Å². The van der Waals surface area contributed by atoms with Crippen molar-refractivity contribution in [1.82, 2.24) is 0 Å². The van der Waals surface area contributed by atoms with E-state index in [2.05, 4.69) is 48.5 Å². The molecular formula is C82H160O17P2. The lowest BCUT2D eigenvalue weighted by Gasteiger charge is -2.21. The second-order valence-electron chi connectivity index (χ2n) is 30.7. The van der Waals surface area contributed by atoms with E-state index in [0.717, 1.165) is 108 Å². The third kappa shape index (κ3) is 74.7. The van der Waals surface area contributed by atoms with Crippen LogP contribution in [0.2, 0.25) is 0 Å². The summed E-state index contributed by atoms with van der Waals surface area (Å²) in [6.45, 7) is 11.9. The van der Waals surface area contributed by atoms with Gasteiger partial charge in [0.2, 0.25) is 0 Å². The van der Waals surface area contributed by atoms with Gasteiger partial charge in [-0.1, -0.05) is 376 Å². The Morgan fingerprint density at radius 2 is 0.505 bits per heavy atom. The number of phosphoric acid groups is 2. The summed E-state index contributed by atoms with van der Waals surface area (Å²) in [6.07, 6.45) is 61.3. The SMILES string of the molecule is CCCCCCCCCCCCCCCCCCCC(=O)OC[C@H](COP(=O)(O)OC[C@@H](O)COP(=O)(O)OC[C@@H](COC(=O)CCCCCCCCC(C)C)OC(=O)CCCCCCCCCCCCC(C)C)OC(=O)CCCCCCCCCCCCCCCCCCCCC(C)CC. The molecule has 3 N–H and O–H groups in total. The van der Waals surface area contributed by atoms with Crippen LogP contribution in [0.15, 0.2) is 0 Å². The number of phosphoric ester groups is 2. The molecule has 0 rings (SSSR count). The van der Waals surface area contributed by atoms with Crippen LogP contribution in [0.5, 0.6) is 0 Å². The fourth-order valence-electron chi connectivity index (χ4n) is 12.6. The summed E-state index contributed by atoms with van der Waals surface area (Å²) in [5, 5.41) is 10.6. The van der Waals surface area contributed by atoms with Gasteiger partial charge in [0.1, 0.15) is 19.3 Å². The minimum atomic E-state index is -4.96. The number of hydrogen-bond donors (Lipinski definition) is 3. The van der Waals surface area contributed by atoms with Gasteiger partial charge in [-0.15, -0.1) is 0 Å². The van der Waals surface area contributed by atoms with Gasteiger partial charge < -0.3 is 33.8 Å². The number of ether oxygens (including phenoxy) is 4. The summed E-state index contributed by atoms with van der Waals surface area (Å²) in [4.78, 5) is 73.0. The van der Waals surface area contributed by atoms with E-state index in [1.54, 1.807) is 0 Å². The van der Waals surface area contributed by atoms with Crippen molar-refractivity contribution in [2.24, 2.45) is 17.8 Å². The number of esters is 4. The Balaban J connectivity index is 5.20. The molecule has 0 spiro atoms. The molecule has 0 aliphatic rings. The summed E-state index contributed by atoms with van der Waals surface area (Å²) < 4.78 is 68.7. The molecule has 0 aromatic rings. The molecule has 6 atom stereocenters. The van der Waals surface area contributed by atoms with Gasteiger partial charge in [0.15, 0.2) is 12.2 Å². The van der Waals surface area contributed by atoms with Crippen LogP contribution in [0.4, 0.5) is 0 Å². The third-order valence-electron chi connectivity index (χ3n) is 19.5. The molecule has 101 heavy (non-hydrogen) atoms. The standard InChI is InChI=1S/C82H160O17P2/c1-8-10-11-12-13-14-15-16-17-20-24-27-30-36-41-49-56-63-79(84)92-69-77(98-81(86)65-58-51-42-37-31-28-25-22-19-18-21-23-26-29-35-40-48-55-62-75(7)9-2)71-96-100(88,89)94-67-76(83)68-95-101(90,91)97-72-78(70-93-80(85)64-57-50-45-44-47-54-61-74(5)6)99-82(87)66-59-52-43-38-33-32-34-39-46-53-60-73(3)4/h73-78,83H,8-72H2,1-7H3,(H,88,89)(H,90,91)/t75?,76-,77-,78-/m1/s1. The minimum absolute atomic E-state index is 0.105. The molecule has 0 fully saturated rings. The topological polar surface area (TPSA) is 237 Å². The maximum Gasteiger partial charge on any atom is 0.472 e.